The number of hydrogen-bond donors (Lipinski definition) is 2. The summed E-state index contributed by atoms with van der Waals surface area (Å²) in [5.41, 5.74) is 10.3. The Morgan fingerprint density at radius 1 is 1.24 bits per heavy atom. The van der Waals surface area contributed by atoms with Gasteiger partial charge in [-0.2, -0.15) is 5.10 Å². The number of nitrogen functional groups attached to an aromatic ring is 1. The SMILES string of the molecule is COc1cccc(Cn2cc(Cc3cc(N)nc4[nH]nnc34)cn2)c1. The minimum atomic E-state index is 0.442. The number of anilines is 1. The number of methoxy groups -OCH3 is 1. The van der Waals surface area contributed by atoms with E-state index in [2.05, 4.69) is 25.5 Å². The van der Waals surface area contributed by atoms with Gasteiger partial charge in [-0.1, -0.05) is 17.3 Å². The molecule has 0 radical (unpaired) electrons. The lowest BCUT2D eigenvalue weighted by molar-refractivity contribution is 0.414. The molecular weight excluding hydrogens is 318 g/mol. The van der Waals surface area contributed by atoms with Crippen molar-refractivity contribution in [2.45, 2.75) is 13.0 Å². The van der Waals surface area contributed by atoms with Crippen LogP contribution in [0, 0.1) is 0 Å². The van der Waals surface area contributed by atoms with E-state index in [4.69, 9.17) is 10.5 Å². The Labute approximate surface area is 143 Å². The summed E-state index contributed by atoms with van der Waals surface area (Å²) >= 11 is 0. The van der Waals surface area contributed by atoms with Crippen molar-refractivity contribution < 1.29 is 4.74 Å². The van der Waals surface area contributed by atoms with Crippen LogP contribution in [0.4, 0.5) is 5.82 Å². The number of aromatic nitrogens is 6. The topological polar surface area (TPSA) is 108 Å². The molecule has 25 heavy (non-hydrogen) atoms. The first-order valence-corrected chi connectivity index (χ1v) is 7.81. The first kappa shape index (κ1) is 15.1. The summed E-state index contributed by atoms with van der Waals surface area (Å²) in [6, 6.07) is 9.77. The fourth-order valence-corrected chi connectivity index (χ4v) is 2.82. The van der Waals surface area contributed by atoms with Crippen LogP contribution in [-0.2, 0) is 13.0 Å². The van der Waals surface area contributed by atoms with Crippen LogP contribution in [0.2, 0.25) is 0 Å². The lowest BCUT2D eigenvalue weighted by Crippen LogP contribution is -2.00. The van der Waals surface area contributed by atoms with Gasteiger partial charge in [-0.25, -0.2) is 10.1 Å². The van der Waals surface area contributed by atoms with Crippen LogP contribution < -0.4 is 10.5 Å². The van der Waals surface area contributed by atoms with E-state index in [1.807, 2.05) is 47.4 Å². The molecule has 0 saturated heterocycles. The smallest absolute Gasteiger partial charge is 0.178 e. The summed E-state index contributed by atoms with van der Waals surface area (Å²) in [5, 5.41) is 15.1. The molecule has 3 aromatic heterocycles. The van der Waals surface area contributed by atoms with Gasteiger partial charge in [0.15, 0.2) is 5.65 Å². The van der Waals surface area contributed by atoms with Gasteiger partial charge in [0.1, 0.15) is 17.1 Å². The fourth-order valence-electron chi connectivity index (χ4n) is 2.82. The number of nitrogens with one attached hydrogen (secondary N) is 1. The molecule has 0 amide bonds. The van der Waals surface area contributed by atoms with E-state index in [1.165, 1.54) is 0 Å². The number of nitrogens with zero attached hydrogens (tertiary/aromatic N) is 5. The molecule has 0 aliphatic rings. The van der Waals surface area contributed by atoms with E-state index in [9.17, 15) is 0 Å². The molecule has 3 heterocycles. The molecule has 126 valence electrons. The second-order valence-corrected chi connectivity index (χ2v) is 5.79. The maximum Gasteiger partial charge on any atom is 0.178 e. The molecule has 0 bridgehead atoms. The van der Waals surface area contributed by atoms with Crippen LogP contribution in [0.15, 0.2) is 42.7 Å². The lowest BCUT2D eigenvalue weighted by Gasteiger charge is -2.04. The zero-order valence-corrected chi connectivity index (χ0v) is 13.7. The van der Waals surface area contributed by atoms with Gasteiger partial charge in [0.25, 0.3) is 0 Å². The van der Waals surface area contributed by atoms with E-state index in [0.717, 1.165) is 28.0 Å². The maximum atomic E-state index is 5.85. The Hall–Kier alpha value is -3.42. The summed E-state index contributed by atoms with van der Waals surface area (Å²) in [5.74, 6) is 1.28. The largest absolute Gasteiger partial charge is 0.497 e. The molecule has 4 rings (SSSR count). The molecule has 1 aromatic carbocycles. The van der Waals surface area contributed by atoms with Gasteiger partial charge in [0.05, 0.1) is 19.9 Å². The van der Waals surface area contributed by atoms with Crippen molar-refractivity contribution in [2.75, 3.05) is 12.8 Å². The second kappa shape index (κ2) is 6.23. The minimum absolute atomic E-state index is 0.442. The van der Waals surface area contributed by atoms with Crippen molar-refractivity contribution in [1.82, 2.24) is 30.2 Å². The molecule has 8 heteroatoms. The Morgan fingerprint density at radius 2 is 2.16 bits per heavy atom. The quantitative estimate of drug-likeness (QED) is 0.575. The zero-order chi connectivity index (χ0) is 17.2. The molecule has 0 saturated carbocycles. The molecule has 4 aromatic rings. The summed E-state index contributed by atoms with van der Waals surface area (Å²) in [4.78, 5) is 4.18. The van der Waals surface area contributed by atoms with E-state index in [-0.39, 0.29) is 0 Å². The molecule has 0 fully saturated rings. The zero-order valence-electron chi connectivity index (χ0n) is 13.7. The van der Waals surface area contributed by atoms with Crippen LogP contribution in [-0.4, -0.2) is 37.3 Å². The number of pyridine rings is 1. The van der Waals surface area contributed by atoms with Gasteiger partial charge in [-0.05, 0) is 34.9 Å². The Bertz CT molecular complexity index is 1020. The number of nitrogens with two attached hydrogens (primary N) is 1. The van der Waals surface area contributed by atoms with Crippen LogP contribution in [0.25, 0.3) is 11.2 Å². The highest BCUT2D eigenvalue weighted by atomic mass is 16.5. The Morgan fingerprint density at radius 3 is 3.04 bits per heavy atom. The molecule has 0 unspecified atom stereocenters. The van der Waals surface area contributed by atoms with Crippen LogP contribution in [0.1, 0.15) is 16.7 Å². The number of fused-ring (bicyclic) bond motifs is 1. The third-order valence-electron chi connectivity index (χ3n) is 3.96. The minimum Gasteiger partial charge on any atom is -0.497 e. The summed E-state index contributed by atoms with van der Waals surface area (Å²) in [6.45, 7) is 0.676. The number of ether oxygens (including phenoxy) is 1. The van der Waals surface area contributed by atoms with E-state index in [1.54, 1.807) is 7.11 Å². The number of hydrogen-bond acceptors (Lipinski definition) is 6. The first-order chi connectivity index (χ1) is 12.2. The molecule has 0 aliphatic carbocycles. The van der Waals surface area contributed by atoms with Crippen LogP contribution in [0.5, 0.6) is 5.75 Å². The third-order valence-corrected chi connectivity index (χ3v) is 3.96. The second-order valence-electron chi connectivity index (χ2n) is 5.79. The predicted octanol–water partition coefficient (Wildman–Crippen LogP) is 1.78. The van der Waals surface area contributed by atoms with Gasteiger partial charge in [0, 0.05) is 12.6 Å². The molecular formula is C17H17N7O. The number of rotatable bonds is 5. The molecule has 3 N–H and O–H groups in total. The highest BCUT2D eigenvalue weighted by Crippen LogP contribution is 2.19. The number of H-pyrrole nitrogens is 1. The van der Waals surface area contributed by atoms with Crippen LogP contribution >= 0.6 is 0 Å². The first-order valence-electron chi connectivity index (χ1n) is 7.81. The Balaban J connectivity index is 1.55. The van der Waals surface area contributed by atoms with Crippen molar-refractivity contribution in [1.29, 1.82) is 0 Å². The lowest BCUT2D eigenvalue weighted by atomic mass is 10.1. The number of benzene rings is 1. The average Bonchev–Trinajstić information content (AvgIpc) is 3.24. The van der Waals surface area contributed by atoms with Gasteiger partial charge >= 0.3 is 0 Å². The standard InChI is InChI=1S/C17H17N7O/c1-25-14-4-2-3-11(6-14)9-24-10-12(8-19-24)5-13-7-15(18)20-17-16(13)21-23-22-17/h2-4,6-8,10H,5,9H2,1H3,(H3,18,20,21,22,23). The predicted molar refractivity (Wildman–Crippen MR) is 93.2 cm³/mol. The summed E-state index contributed by atoms with van der Waals surface area (Å²) < 4.78 is 7.16. The van der Waals surface area contributed by atoms with Gasteiger partial charge in [0.2, 0.25) is 0 Å². The van der Waals surface area contributed by atoms with Crippen molar-refractivity contribution in [3.63, 3.8) is 0 Å². The summed E-state index contributed by atoms with van der Waals surface area (Å²) in [6.07, 6.45) is 4.53. The average molecular weight is 335 g/mol. The van der Waals surface area contributed by atoms with E-state index >= 15 is 0 Å². The van der Waals surface area contributed by atoms with Gasteiger partial charge in [-0.3, -0.25) is 4.68 Å². The van der Waals surface area contributed by atoms with Crippen molar-refractivity contribution in [2.24, 2.45) is 0 Å². The highest BCUT2D eigenvalue weighted by molar-refractivity contribution is 5.76. The van der Waals surface area contributed by atoms with Crippen LogP contribution in [0.3, 0.4) is 0 Å². The van der Waals surface area contributed by atoms with E-state index < -0.39 is 0 Å². The van der Waals surface area contributed by atoms with Crippen molar-refractivity contribution in [3.05, 3.63) is 59.4 Å². The monoisotopic (exact) mass is 335 g/mol. The fraction of sp³-hybridized carbons (Fsp3) is 0.176. The van der Waals surface area contributed by atoms with Crippen molar-refractivity contribution >= 4 is 17.0 Å². The third kappa shape index (κ3) is 3.14. The maximum absolute atomic E-state index is 5.85. The van der Waals surface area contributed by atoms with Gasteiger partial charge < -0.3 is 10.5 Å². The Kier molecular flexibility index (Phi) is 3.77. The molecule has 0 aliphatic heterocycles. The van der Waals surface area contributed by atoms with Crippen molar-refractivity contribution in [3.8, 4) is 5.75 Å². The van der Waals surface area contributed by atoms with Gasteiger partial charge in [-0.15, -0.1) is 5.10 Å². The van der Waals surface area contributed by atoms with E-state index in [0.29, 0.717) is 24.4 Å². The molecule has 0 spiro atoms. The molecule has 0 atom stereocenters. The molecule has 8 nitrogen and oxygen atoms in total. The summed E-state index contributed by atoms with van der Waals surface area (Å²) in [7, 11) is 1.66. The highest BCUT2D eigenvalue weighted by Gasteiger charge is 2.10. The number of aromatic amines is 1. The normalized spacial score (nSPS) is 11.1.